The fourth-order valence-corrected chi connectivity index (χ4v) is 4.18. The molecule has 0 amide bonds. The Morgan fingerprint density at radius 3 is 3.00 bits per heavy atom. The summed E-state index contributed by atoms with van der Waals surface area (Å²) in [6.07, 6.45) is 6.81. The molecule has 3 unspecified atom stereocenters. The normalized spacial score (nSPS) is 35.6. The number of nitrogens with zero attached hydrogens (tertiary/aromatic N) is 1. The van der Waals surface area contributed by atoms with E-state index in [-0.39, 0.29) is 5.41 Å². The second-order valence-electron chi connectivity index (χ2n) is 5.46. The average molecular weight is 252 g/mol. The second kappa shape index (κ2) is 4.34. The summed E-state index contributed by atoms with van der Waals surface area (Å²) in [5, 5.41) is 0. The van der Waals surface area contributed by atoms with Crippen LogP contribution in [0.4, 0.5) is 0 Å². The van der Waals surface area contributed by atoms with Crippen molar-refractivity contribution in [3.63, 3.8) is 0 Å². The minimum Gasteiger partial charge on any atom is -0.374 e. The maximum Gasteiger partial charge on any atom is 0.0797 e. The van der Waals surface area contributed by atoms with Gasteiger partial charge in [0.05, 0.1) is 23.4 Å². The van der Waals surface area contributed by atoms with Gasteiger partial charge in [-0.15, -0.1) is 11.3 Å². The second-order valence-corrected chi connectivity index (χ2v) is 6.39. The van der Waals surface area contributed by atoms with Crippen LogP contribution >= 0.6 is 11.3 Å². The van der Waals surface area contributed by atoms with Crippen LogP contribution < -0.4 is 5.73 Å². The lowest BCUT2D eigenvalue weighted by molar-refractivity contribution is 0.0601. The van der Waals surface area contributed by atoms with Crippen molar-refractivity contribution in [1.82, 2.24) is 4.98 Å². The molecule has 2 fully saturated rings. The molecule has 1 aromatic rings. The molecule has 0 saturated carbocycles. The van der Waals surface area contributed by atoms with Crippen molar-refractivity contribution in [2.24, 2.45) is 11.1 Å². The molecule has 2 bridgehead atoms. The first-order valence-electron chi connectivity index (χ1n) is 6.48. The van der Waals surface area contributed by atoms with Crippen LogP contribution in [0.3, 0.4) is 0 Å². The molecule has 2 saturated heterocycles. The van der Waals surface area contributed by atoms with E-state index in [1.807, 2.05) is 5.51 Å². The Labute approximate surface area is 106 Å². The van der Waals surface area contributed by atoms with Gasteiger partial charge in [-0.3, -0.25) is 0 Å². The highest BCUT2D eigenvalue weighted by atomic mass is 32.1. The van der Waals surface area contributed by atoms with Gasteiger partial charge in [0, 0.05) is 16.8 Å². The summed E-state index contributed by atoms with van der Waals surface area (Å²) in [5.41, 5.74) is 9.42. The number of ether oxygens (including phenoxy) is 1. The van der Waals surface area contributed by atoms with Crippen molar-refractivity contribution in [2.45, 2.75) is 51.2 Å². The molecule has 3 nitrogen and oxygen atoms in total. The van der Waals surface area contributed by atoms with Crippen molar-refractivity contribution in [3.05, 3.63) is 16.1 Å². The molecule has 2 N–H and O–H groups in total. The summed E-state index contributed by atoms with van der Waals surface area (Å²) >= 11 is 1.77. The molecule has 1 aromatic heterocycles. The van der Waals surface area contributed by atoms with Crippen LogP contribution in [0.5, 0.6) is 0 Å². The highest BCUT2D eigenvalue weighted by molar-refractivity contribution is 7.09. The van der Waals surface area contributed by atoms with Gasteiger partial charge in [0.1, 0.15) is 0 Å². The summed E-state index contributed by atoms with van der Waals surface area (Å²) in [6.45, 7) is 2.87. The fraction of sp³-hybridized carbons (Fsp3) is 0.769. The van der Waals surface area contributed by atoms with Gasteiger partial charge >= 0.3 is 0 Å². The number of fused-ring (bicyclic) bond motifs is 2. The van der Waals surface area contributed by atoms with Gasteiger partial charge < -0.3 is 10.5 Å². The fourth-order valence-electron chi connectivity index (χ4n) is 3.40. The van der Waals surface area contributed by atoms with Crippen molar-refractivity contribution >= 4 is 11.3 Å². The number of hydrogen-bond donors (Lipinski definition) is 1. The Balaban J connectivity index is 1.69. The number of rotatable bonds is 4. The Morgan fingerprint density at radius 2 is 2.47 bits per heavy atom. The van der Waals surface area contributed by atoms with Crippen LogP contribution in [-0.4, -0.2) is 23.7 Å². The molecular formula is C13H20N2OS. The lowest BCUT2D eigenvalue weighted by Crippen LogP contribution is -2.40. The maximum atomic E-state index is 6.04. The van der Waals surface area contributed by atoms with E-state index in [1.54, 1.807) is 11.3 Å². The zero-order chi connectivity index (χ0) is 11.9. The number of nitrogens with two attached hydrogens (primary N) is 1. The highest BCUT2D eigenvalue weighted by Crippen LogP contribution is 2.49. The monoisotopic (exact) mass is 252 g/mol. The van der Waals surface area contributed by atoms with Crippen LogP contribution in [0.15, 0.2) is 5.51 Å². The predicted octanol–water partition coefficient (Wildman–Crippen LogP) is 2.28. The predicted molar refractivity (Wildman–Crippen MR) is 69.2 cm³/mol. The first-order chi connectivity index (χ1) is 8.23. The molecule has 3 atom stereocenters. The molecule has 94 valence electrons. The van der Waals surface area contributed by atoms with E-state index in [0.29, 0.717) is 12.2 Å². The Hall–Kier alpha value is -0.450. The molecule has 0 aliphatic carbocycles. The molecular weight excluding hydrogens is 232 g/mol. The molecule has 0 spiro atoms. The van der Waals surface area contributed by atoms with E-state index < -0.39 is 0 Å². The number of aromatic nitrogens is 1. The molecule has 0 aromatic carbocycles. The first-order valence-corrected chi connectivity index (χ1v) is 7.36. The van der Waals surface area contributed by atoms with Gasteiger partial charge in [-0.25, -0.2) is 4.98 Å². The topological polar surface area (TPSA) is 48.1 Å². The van der Waals surface area contributed by atoms with Gasteiger partial charge in [-0.2, -0.15) is 0 Å². The van der Waals surface area contributed by atoms with E-state index in [9.17, 15) is 0 Å². The third-order valence-corrected chi connectivity index (χ3v) is 5.52. The van der Waals surface area contributed by atoms with E-state index in [1.165, 1.54) is 29.8 Å². The molecule has 2 aliphatic rings. The Kier molecular flexibility index (Phi) is 2.97. The third-order valence-electron chi connectivity index (χ3n) is 4.53. The van der Waals surface area contributed by atoms with Gasteiger partial charge in [0.15, 0.2) is 0 Å². The maximum absolute atomic E-state index is 6.04. The zero-order valence-corrected chi connectivity index (χ0v) is 11.1. The van der Waals surface area contributed by atoms with Crippen molar-refractivity contribution in [2.75, 3.05) is 6.54 Å². The van der Waals surface area contributed by atoms with Crippen molar-refractivity contribution in [3.8, 4) is 0 Å². The molecule has 4 heteroatoms. The zero-order valence-electron chi connectivity index (χ0n) is 10.3. The van der Waals surface area contributed by atoms with Gasteiger partial charge in [-0.1, -0.05) is 0 Å². The lowest BCUT2D eigenvalue weighted by atomic mass is 9.71. The van der Waals surface area contributed by atoms with Crippen molar-refractivity contribution in [1.29, 1.82) is 0 Å². The summed E-state index contributed by atoms with van der Waals surface area (Å²) in [5.74, 6) is 0. The number of hydrogen-bond acceptors (Lipinski definition) is 4. The van der Waals surface area contributed by atoms with E-state index in [4.69, 9.17) is 10.5 Å². The minimum absolute atomic E-state index is 0.249. The largest absolute Gasteiger partial charge is 0.374 e. The molecule has 3 rings (SSSR count). The third kappa shape index (κ3) is 1.92. The minimum atomic E-state index is 0.249. The number of aryl methyl sites for hydroxylation is 2. The first kappa shape index (κ1) is 11.6. The Bertz CT molecular complexity index is 406. The lowest BCUT2D eigenvalue weighted by Gasteiger charge is -2.34. The summed E-state index contributed by atoms with van der Waals surface area (Å²) in [7, 11) is 0. The summed E-state index contributed by atoms with van der Waals surface area (Å²) in [6, 6.07) is 0. The highest BCUT2D eigenvalue weighted by Gasteiger charge is 2.50. The van der Waals surface area contributed by atoms with Gasteiger partial charge in [-0.05, 0) is 39.0 Å². The van der Waals surface area contributed by atoms with Crippen LogP contribution in [0, 0.1) is 12.3 Å². The van der Waals surface area contributed by atoms with Crippen LogP contribution in [-0.2, 0) is 11.2 Å². The standard InChI is InChI=1S/C13H20N2OS/c1-9-11(17-8-15-9)4-5-13(7-14)6-10-2-3-12(13)16-10/h8,10,12H,2-7,14H2,1H3. The Morgan fingerprint density at radius 1 is 1.59 bits per heavy atom. The summed E-state index contributed by atoms with van der Waals surface area (Å²) in [4.78, 5) is 5.73. The average Bonchev–Trinajstić information content (AvgIpc) is 3.02. The molecule has 17 heavy (non-hydrogen) atoms. The molecule has 0 radical (unpaired) electrons. The van der Waals surface area contributed by atoms with Crippen molar-refractivity contribution < 1.29 is 4.74 Å². The van der Waals surface area contributed by atoms with Crippen LogP contribution in [0.1, 0.15) is 36.3 Å². The van der Waals surface area contributed by atoms with Crippen LogP contribution in [0.2, 0.25) is 0 Å². The smallest absolute Gasteiger partial charge is 0.0797 e. The molecule has 2 aliphatic heterocycles. The van der Waals surface area contributed by atoms with Gasteiger partial charge in [0.25, 0.3) is 0 Å². The van der Waals surface area contributed by atoms with E-state index in [2.05, 4.69) is 11.9 Å². The number of thiazole rings is 1. The van der Waals surface area contributed by atoms with E-state index in [0.717, 1.165) is 19.4 Å². The van der Waals surface area contributed by atoms with E-state index >= 15 is 0 Å². The van der Waals surface area contributed by atoms with Crippen LogP contribution in [0.25, 0.3) is 0 Å². The van der Waals surface area contributed by atoms with Gasteiger partial charge in [0.2, 0.25) is 0 Å². The summed E-state index contributed by atoms with van der Waals surface area (Å²) < 4.78 is 5.99. The molecule has 3 heterocycles. The SMILES string of the molecule is Cc1ncsc1CCC1(CN)CC2CCC1O2. The quantitative estimate of drug-likeness (QED) is 0.894.